The van der Waals surface area contributed by atoms with Crippen LogP contribution in [0.25, 0.3) is 0 Å². The highest BCUT2D eigenvalue weighted by atomic mass is 32.2. The summed E-state index contributed by atoms with van der Waals surface area (Å²) in [6.07, 6.45) is -0.599. The normalized spacial score (nSPS) is 22.7. The topological polar surface area (TPSA) is 156 Å². The lowest BCUT2D eigenvalue weighted by atomic mass is 10.0. The van der Waals surface area contributed by atoms with E-state index in [4.69, 9.17) is 4.74 Å². The second kappa shape index (κ2) is 10.9. The molecular weight excluding hydrogens is 581 g/mol. The van der Waals surface area contributed by atoms with Gasteiger partial charge in [-0.1, -0.05) is 42.5 Å². The molecule has 40 heavy (non-hydrogen) atoms. The van der Waals surface area contributed by atoms with Crippen LogP contribution in [0.4, 0.5) is 13.2 Å². The molecule has 2 aromatic rings. The first-order valence-corrected chi connectivity index (χ1v) is 14.1. The van der Waals surface area contributed by atoms with E-state index in [1.54, 1.807) is 30.3 Å². The van der Waals surface area contributed by atoms with Crippen molar-refractivity contribution in [2.24, 2.45) is 0 Å². The van der Waals surface area contributed by atoms with Crippen LogP contribution in [0.15, 0.2) is 66.1 Å². The summed E-state index contributed by atoms with van der Waals surface area (Å²) in [6, 6.07) is 12.7. The molecule has 2 aliphatic rings. The Morgan fingerprint density at radius 2 is 1.70 bits per heavy atom. The highest BCUT2D eigenvalue weighted by molar-refractivity contribution is 7.88. The maximum absolute atomic E-state index is 13.7. The molecule has 0 radical (unpaired) electrons. The Balaban J connectivity index is 1.73. The monoisotopic (exact) mass is 602 g/mol. The number of methoxy groups -OCH3 is 1. The predicted octanol–water partition coefficient (Wildman–Crippen LogP) is 1.43. The van der Waals surface area contributed by atoms with Crippen molar-refractivity contribution in [1.82, 2.24) is 10.2 Å². The number of carboxylic acids is 1. The van der Waals surface area contributed by atoms with Crippen molar-refractivity contribution in [3.8, 4) is 5.75 Å². The summed E-state index contributed by atoms with van der Waals surface area (Å²) >= 11 is 0. The Hall–Kier alpha value is -3.92. The van der Waals surface area contributed by atoms with Gasteiger partial charge in [0.25, 0.3) is 5.91 Å². The van der Waals surface area contributed by atoms with E-state index in [9.17, 15) is 45.3 Å². The van der Waals surface area contributed by atoms with E-state index >= 15 is 0 Å². The zero-order valence-electron chi connectivity index (χ0n) is 20.5. The van der Waals surface area contributed by atoms with Crippen LogP contribution in [0, 0.1) is 0 Å². The van der Waals surface area contributed by atoms with Crippen molar-refractivity contribution >= 4 is 38.7 Å². The minimum Gasteiger partial charge on any atom is -0.497 e. The van der Waals surface area contributed by atoms with Crippen molar-refractivity contribution in [2.45, 2.75) is 35.0 Å². The number of benzene rings is 2. The number of carbonyl (C=O) groups excluding carboxylic acids is 2. The fourth-order valence-electron chi connectivity index (χ4n) is 4.24. The number of alkyl halides is 3. The molecule has 2 aromatic carbocycles. The molecular formula is C24H21F3N2O9S2. The Bertz CT molecular complexity index is 1490. The first-order chi connectivity index (χ1) is 18.7. The minimum atomic E-state index is -6.41. The van der Waals surface area contributed by atoms with Crippen LogP contribution in [0.3, 0.4) is 0 Å². The van der Waals surface area contributed by atoms with E-state index in [-0.39, 0.29) is 6.42 Å². The zero-order chi connectivity index (χ0) is 29.4. The standard InChI is InChI=1S/C24H21F3N2O9S2/c1-37-15-9-7-14(8-10-15)11-16-20(38-40(35,36)24(25,26)27)19(23(32)33)29-21(31)18(22(29)39(16)34)28-17(30)12-13-5-3-2-4-6-13/h2-10,16,18,22H,11-12H2,1H3,(H,28,30)(H,32,33)/t16?,18-,22-,39+/m1/s1. The third-order valence-corrected chi connectivity index (χ3v) is 8.98. The average Bonchev–Trinajstić information content (AvgIpc) is 2.89. The third-order valence-electron chi connectivity index (χ3n) is 6.12. The second-order valence-electron chi connectivity index (χ2n) is 8.68. The van der Waals surface area contributed by atoms with Gasteiger partial charge in [0.1, 0.15) is 22.4 Å². The largest absolute Gasteiger partial charge is 0.534 e. The fourth-order valence-corrected chi connectivity index (χ4v) is 6.76. The number of carbonyl (C=O) groups is 3. The molecule has 4 atom stereocenters. The van der Waals surface area contributed by atoms with E-state index in [1.165, 1.54) is 31.4 Å². The molecule has 4 rings (SSSR count). The lowest BCUT2D eigenvalue weighted by Gasteiger charge is -2.50. The van der Waals surface area contributed by atoms with Gasteiger partial charge in [0, 0.05) is 0 Å². The molecule has 2 heterocycles. The number of nitrogens with zero attached hydrogens (tertiary/aromatic N) is 1. The van der Waals surface area contributed by atoms with E-state index in [2.05, 4.69) is 9.50 Å². The summed E-state index contributed by atoms with van der Waals surface area (Å²) < 4.78 is 86.4. The Morgan fingerprint density at radius 1 is 1.07 bits per heavy atom. The molecule has 2 amide bonds. The summed E-state index contributed by atoms with van der Waals surface area (Å²) in [5.41, 5.74) is -6.25. The van der Waals surface area contributed by atoms with Crippen LogP contribution in [0.2, 0.25) is 0 Å². The molecule has 2 aliphatic heterocycles. The van der Waals surface area contributed by atoms with Crippen molar-refractivity contribution in [2.75, 3.05) is 7.11 Å². The molecule has 0 aliphatic carbocycles. The SMILES string of the molecule is COc1ccc(CC2C(OS(=O)(=O)C(F)(F)F)=C(C(=O)O)N3C(=O)[C@@H](NC(=O)Cc4ccccc4)[C@H]3[S@]2=O)cc1. The highest BCUT2D eigenvalue weighted by Crippen LogP contribution is 2.41. The molecule has 0 spiro atoms. The molecule has 214 valence electrons. The molecule has 0 bridgehead atoms. The van der Waals surface area contributed by atoms with Crippen molar-refractivity contribution in [3.63, 3.8) is 0 Å². The smallest absolute Gasteiger partial charge is 0.497 e. The summed E-state index contributed by atoms with van der Waals surface area (Å²) in [5, 5.41) is 8.97. The lowest BCUT2D eigenvalue weighted by molar-refractivity contribution is -0.151. The van der Waals surface area contributed by atoms with Gasteiger partial charge in [-0.3, -0.25) is 18.7 Å². The molecule has 1 saturated heterocycles. The van der Waals surface area contributed by atoms with Crippen LogP contribution >= 0.6 is 0 Å². The number of nitrogens with one attached hydrogen (secondary N) is 1. The minimum absolute atomic E-state index is 0.168. The zero-order valence-corrected chi connectivity index (χ0v) is 22.1. The summed E-state index contributed by atoms with van der Waals surface area (Å²) in [7, 11) is -7.46. The first-order valence-electron chi connectivity index (χ1n) is 11.4. The number of hydrogen-bond donors (Lipinski definition) is 2. The van der Waals surface area contributed by atoms with Gasteiger partial charge in [0.2, 0.25) is 5.91 Å². The van der Waals surface area contributed by atoms with Crippen LogP contribution in [0.5, 0.6) is 5.75 Å². The Kier molecular flexibility index (Phi) is 7.94. The number of aliphatic carboxylic acids is 1. The molecule has 0 aromatic heterocycles. The van der Waals surface area contributed by atoms with Crippen molar-refractivity contribution < 1.29 is 54.2 Å². The van der Waals surface area contributed by atoms with Gasteiger partial charge in [-0.2, -0.15) is 21.6 Å². The fraction of sp³-hybridized carbons (Fsp3) is 0.292. The van der Waals surface area contributed by atoms with Gasteiger partial charge in [-0.15, -0.1) is 0 Å². The van der Waals surface area contributed by atoms with Crippen molar-refractivity contribution in [1.29, 1.82) is 0 Å². The number of β-lactam (4-membered cyclic amide) rings is 1. The van der Waals surface area contributed by atoms with Gasteiger partial charge >= 0.3 is 21.6 Å². The summed E-state index contributed by atoms with van der Waals surface area (Å²) in [5.74, 6) is -4.65. The second-order valence-corrected chi connectivity index (χ2v) is 11.9. The number of carboxylic acid groups (broad SMARTS) is 1. The van der Waals surface area contributed by atoms with E-state index < -0.39 is 78.8 Å². The van der Waals surface area contributed by atoms with E-state index in [0.29, 0.717) is 21.8 Å². The molecule has 2 N–H and O–H groups in total. The quantitative estimate of drug-likeness (QED) is 0.246. The highest BCUT2D eigenvalue weighted by Gasteiger charge is 2.62. The number of ether oxygens (including phenoxy) is 1. The molecule has 0 saturated carbocycles. The van der Waals surface area contributed by atoms with Gasteiger partial charge < -0.3 is 19.3 Å². The average molecular weight is 603 g/mol. The molecule has 1 unspecified atom stereocenters. The Morgan fingerprint density at radius 3 is 2.25 bits per heavy atom. The number of amides is 2. The predicted molar refractivity (Wildman–Crippen MR) is 132 cm³/mol. The third kappa shape index (κ3) is 5.54. The maximum atomic E-state index is 13.7. The van der Waals surface area contributed by atoms with Crippen LogP contribution < -0.4 is 10.1 Å². The van der Waals surface area contributed by atoms with E-state index in [1.807, 2.05) is 0 Å². The number of hydrogen-bond acceptors (Lipinski definition) is 8. The summed E-state index contributed by atoms with van der Waals surface area (Å²) in [6.45, 7) is 0. The molecule has 1 fully saturated rings. The number of rotatable bonds is 9. The summed E-state index contributed by atoms with van der Waals surface area (Å²) in [4.78, 5) is 38.1. The van der Waals surface area contributed by atoms with Crippen LogP contribution in [-0.2, 0) is 52.3 Å². The maximum Gasteiger partial charge on any atom is 0.534 e. The first kappa shape index (κ1) is 29.1. The van der Waals surface area contributed by atoms with Gasteiger partial charge in [-0.05, 0) is 29.7 Å². The van der Waals surface area contributed by atoms with Gasteiger partial charge in [0.05, 0.1) is 24.3 Å². The molecule has 11 nitrogen and oxygen atoms in total. The lowest BCUT2D eigenvalue weighted by Crippen LogP contribution is -2.74. The van der Waals surface area contributed by atoms with Gasteiger partial charge in [0.15, 0.2) is 11.5 Å². The number of halogens is 3. The number of fused-ring (bicyclic) bond motifs is 1. The van der Waals surface area contributed by atoms with Crippen LogP contribution in [0.1, 0.15) is 11.1 Å². The Labute approximate surface area is 228 Å². The molecule has 16 heteroatoms. The van der Waals surface area contributed by atoms with Gasteiger partial charge in [-0.25, -0.2) is 4.79 Å². The van der Waals surface area contributed by atoms with E-state index in [0.717, 1.165) is 0 Å². The van der Waals surface area contributed by atoms with Crippen molar-refractivity contribution in [3.05, 3.63) is 77.2 Å². The van der Waals surface area contributed by atoms with Crippen LogP contribution in [-0.4, -0.2) is 69.7 Å².